The molecule has 4 heteroatoms. The number of imidazole rings is 1. The van der Waals surface area contributed by atoms with Gasteiger partial charge in [0.25, 0.3) is 0 Å². The second-order valence-corrected chi connectivity index (χ2v) is 7.39. The van der Waals surface area contributed by atoms with E-state index in [2.05, 4.69) is 36.6 Å². The molecule has 148 valence electrons. The van der Waals surface area contributed by atoms with E-state index in [9.17, 15) is 5.11 Å². The van der Waals surface area contributed by atoms with E-state index in [1.165, 1.54) is 5.56 Å². The first kappa shape index (κ1) is 19.2. The summed E-state index contributed by atoms with van der Waals surface area (Å²) in [6, 6.07) is 23.9. The minimum atomic E-state index is -0.760. The number of aromatic nitrogens is 2. The van der Waals surface area contributed by atoms with Crippen LogP contribution in [0.2, 0.25) is 0 Å². The Bertz CT molecular complexity index is 1100. The summed E-state index contributed by atoms with van der Waals surface area (Å²) in [5.41, 5.74) is 5.16. The highest BCUT2D eigenvalue weighted by molar-refractivity contribution is 5.76. The summed E-state index contributed by atoms with van der Waals surface area (Å²) < 4.78 is 8.10. The predicted molar refractivity (Wildman–Crippen MR) is 116 cm³/mol. The lowest BCUT2D eigenvalue weighted by Gasteiger charge is -2.15. The standard InChI is InChI=1S/C25H26N2O2/c1-18-13-14-23(19(2)17-18)29-16-8-15-27-22-12-7-6-11-21(22)26-25(27)24(28)20-9-4-3-5-10-20/h3-7,9-14,17,24,28H,8,15-16H2,1-2H3. The second-order valence-electron chi connectivity index (χ2n) is 7.39. The van der Waals surface area contributed by atoms with Gasteiger partial charge in [0, 0.05) is 6.54 Å². The Morgan fingerprint density at radius 3 is 2.52 bits per heavy atom. The summed E-state index contributed by atoms with van der Waals surface area (Å²) in [6.07, 6.45) is 0.0613. The van der Waals surface area contributed by atoms with Gasteiger partial charge in [-0.1, -0.05) is 60.2 Å². The fourth-order valence-corrected chi connectivity index (χ4v) is 3.69. The van der Waals surface area contributed by atoms with Crippen molar-refractivity contribution in [2.24, 2.45) is 0 Å². The van der Waals surface area contributed by atoms with Crippen LogP contribution in [0.3, 0.4) is 0 Å². The van der Waals surface area contributed by atoms with Gasteiger partial charge in [0.2, 0.25) is 0 Å². The minimum absolute atomic E-state index is 0.608. The Morgan fingerprint density at radius 2 is 1.72 bits per heavy atom. The van der Waals surface area contributed by atoms with Crippen molar-refractivity contribution in [3.63, 3.8) is 0 Å². The summed E-state index contributed by atoms with van der Waals surface area (Å²) in [6.45, 7) is 5.49. The van der Waals surface area contributed by atoms with Gasteiger partial charge in [-0.25, -0.2) is 4.98 Å². The van der Waals surface area contributed by atoms with E-state index in [1.54, 1.807) is 0 Å². The lowest BCUT2D eigenvalue weighted by molar-refractivity contribution is 0.203. The number of aliphatic hydroxyl groups excluding tert-OH is 1. The number of aryl methyl sites for hydroxylation is 3. The highest BCUT2D eigenvalue weighted by atomic mass is 16.5. The van der Waals surface area contributed by atoms with Gasteiger partial charge in [0.1, 0.15) is 17.7 Å². The lowest BCUT2D eigenvalue weighted by atomic mass is 10.1. The second kappa shape index (κ2) is 8.50. The molecule has 3 aromatic carbocycles. The van der Waals surface area contributed by atoms with E-state index < -0.39 is 6.10 Å². The molecule has 4 rings (SSSR count). The van der Waals surface area contributed by atoms with Crippen molar-refractivity contribution in [2.45, 2.75) is 32.9 Å². The summed E-state index contributed by atoms with van der Waals surface area (Å²) in [7, 11) is 0. The summed E-state index contributed by atoms with van der Waals surface area (Å²) in [5, 5.41) is 11.0. The number of para-hydroxylation sites is 2. The maximum absolute atomic E-state index is 11.0. The number of fused-ring (bicyclic) bond motifs is 1. The maximum Gasteiger partial charge on any atom is 0.143 e. The smallest absolute Gasteiger partial charge is 0.143 e. The van der Waals surface area contributed by atoms with Crippen molar-refractivity contribution in [2.75, 3.05) is 6.61 Å². The minimum Gasteiger partial charge on any atom is -0.493 e. The summed E-state index contributed by atoms with van der Waals surface area (Å²) >= 11 is 0. The average molecular weight is 386 g/mol. The predicted octanol–water partition coefficient (Wildman–Crippen LogP) is 5.20. The van der Waals surface area contributed by atoms with Crippen LogP contribution in [-0.2, 0) is 6.54 Å². The SMILES string of the molecule is Cc1ccc(OCCCn2c(C(O)c3ccccc3)nc3ccccc32)c(C)c1. The van der Waals surface area contributed by atoms with Gasteiger partial charge in [-0.05, 0) is 49.6 Å². The van der Waals surface area contributed by atoms with Crippen molar-refractivity contribution in [3.8, 4) is 5.75 Å². The molecule has 1 unspecified atom stereocenters. The molecule has 0 spiro atoms. The first-order valence-electron chi connectivity index (χ1n) is 10.0. The highest BCUT2D eigenvalue weighted by Gasteiger charge is 2.19. The molecule has 0 radical (unpaired) electrons. The molecule has 29 heavy (non-hydrogen) atoms. The molecule has 0 saturated heterocycles. The number of benzene rings is 3. The van der Waals surface area contributed by atoms with Crippen molar-refractivity contribution < 1.29 is 9.84 Å². The third-order valence-electron chi connectivity index (χ3n) is 5.16. The molecule has 0 aliphatic rings. The monoisotopic (exact) mass is 386 g/mol. The zero-order valence-corrected chi connectivity index (χ0v) is 16.9. The number of rotatable bonds is 7. The molecule has 0 bridgehead atoms. The van der Waals surface area contributed by atoms with Crippen LogP contribution >= 0.6 is 0 Å². The molecule has 4 aromatic rings. The number of hydrogen-bond acceptors (Lipinski definition) is 3. The van der Waals surface area contributed by atoms with Crippen LogP contribution in [0, 0.1) is 13.8 Å². The normalized spacial score (nSPS) is 12.2. The third kappa shape index (κ3) is 4.17. The zero-order chi connectivity index (χ0) is 20.2. The molecule has 0 amide bonds. The molecule has 1 aromatic heterocycles. The van der Waals surface area contributed by atoms with Gasteiger partial charge in [-0.3, -0.25) is 0 Å². The summed E-state index contributed by atoms with van der Waals surface area (Å²) in [5.74, 6) is 1.60. The molecular weight excluding hydrogens is 360 g/mol. The number of nitrogens with zero attached hydrogens (tertiary/aromatic N) is 2. The number of hydrogen-bond donors (Lipinski definition) is 1. The molecule has 0 saturated carbocycles. The van der Waals surface area contributed by atoms with Gasteiger partial charge >= 0.3 is 0 Å². The van der Waals surface area contributed by atoms with E-state index in [1.807, 2.05) is 54.6 Å². The quantitative estimate of drug-likeness (QED) is 0.444. The molecule has 0 fully saturated rings. The van der Waals surface area contributed by atoms with Crippen molar-refractivity contribution in [1.82, 2.24) is 9.55 Å². The Morgan fingerprint density at radius 1 is 0.966 bits per heavy atom. The first-order chi connectivity index (χ1) is 14.1. The van der Waals surface area contributed by atoms with E-state index in [-0.39, 0.29) is 0 Å². The highest BCUT2D eigenvalue weighted by Crippen LogP contribution is 2.26. The first-order valence-corrected chi connectivity index (χ1v) is 10.0. The van der Waals surface area contributed by atoms with Crippen LogP contribution in [0.1, 0.15) is 35.0 Å². The molecular formula is C25H26N2O2. The van der Waals surface area contributed by atoms with Gasteiger partial charge in [0.15, 0.2) is 0 Å². The topological polar surface area (TPSA) is 47.3 Å². The van der Waals surface area contributed by atoms with Gasteiger partial charge in [0.05, 0.1) is 17.6 Å². The van der Waals surface area contributed by atoms with Crippen molar-refractivity contribution in [1.29, 1.82) is 0 Å². The Kier molecular flexibility index (Phi) is 5.63. The average Bonchev–Trinajstić information content (AvgIpc) is 3.11. The largest absolute Gasteiger partial charge is 0.493 e. The van der Waals surface area contributed by atoms with Crippen LogP contribution in [0.15, 0.2) is 72.8 Å². The van der Waals surface area contributed by atoms with Crippen LogP contribution in [0.25, 0.3) is 11.0 Å². The van der Waals surface area contributed by atoms with E-state index in [0.29, 0.717) is 12.4 Å². The Balaban J connectivity index is 1.53. The summed E-state index contributed by atoms with van der Waals surface area (Å²) in [4.78, 5) is 4.72. The van der Waals surface area contributed by atoms with E-state index >= 15 is 0 Å². The van der Waals surface area contributed by atoms with Crippen LogP contribution in [-0.4, -0.2) is 21.3 Å². The molecule has 0 aliphatic carbocycles. The molecule has 1 N–H and O–H groups in total. The van der Waals surface area contributed by atoms with Crippen LogP contribution < -0.4 is 4.74 Å². The van der Waals surface area contributed by atoms with Crippen LogP contribution in [0.5, 0.6) is 5.75 Å². The van der Waals surface area contributed by atoms with Gasteiger partial charge in [-0.15, -0.1) is 0 Å². The van der Waals surface area contributed by atoms with E-state index in [4.69, 9.17) is 9.72 Å². The molecule has 1 heterocycles. The molecule has 1 atom stereocenters. The van der Waals surface area contributed by atoms with Crippen molar-refractivity contribution >= 4 is 11.0 Å². The van der Waals surface area contributed by atoms with Crippen LogP contribution in [0.4, 0.5) is 0 Å². The van der Waals surface area contributed by atoms with Gasteiger partial charge in [-0.2, -0.15) is 0 Å². The maximum atomic E-state index is 11.0. The van der Waals surface area contributed by atoms with E-state index in [0.717, 1.165) is 40.9 Å². The lowest BCUT2D eigenvalue weighted by Crippen LogP contribution is -2.12. The third-order valence-corrected chi connectivity index (χ3v) is 5.16. The fourth-order valence-electron chi connectivity index (χ4n) is 3.69. The number of aliphatic hydroxyl groups is 1. The molecule has 0 aliphatic heterocycles. The van der Waals surface area contributed by atoms with Gasteiger partial charge < -0.3 is 14.4 Å². The fraction of sp³-hybridized carbons (Fsp3) is 0.240. The molecule has 4 nitrogen and oxygen atoms in total. The zero-order valence-electron chi connectivity index (χ0n) is 16.9. The van der Waals surface area contributed by atoms with Crippen molar-refractivity contribution in [3.05, 3.63) is 95.3 Å². The Labute approximate surface area is 171 Å². The Hall–Kier alpha value is -3.11. The number of ether oxygens (including phenoxy) is 1.